The van der Waals surface area contributed by atoms with Crippen molar-refractivity contribution in [2.45, 2.75) is 79.1 Å². The summed E-state index contributed by atoms with van der Waals surface area (Å²) in [4.78, 5) is 20.9. The smallest absolute Gasteiger partial charge is 1.00 e. The van der Waals surface area contributed by atoms with Crippen LogP contribution in [-0.4, -0.2) is 71.0 Å². The van der Waals surface area contributed by atoms with Gasteiger partial charge in [-0.1, -0.05) is 53.4 Å². The van der Waals surface area contributed by atoms with Crippen LogP contribution in [0, 0.1) is 11.8 Å². The topological polar surface area (TPSA) is 74.6 Å². The summed E-state index contributed by atoms with van der Waals surface area (Å²) < 4.78 is 0. The fourth-order valence-electron chi connectivity index (χ4n) is 1.91. The predicted molar refractivity (Wildman–Crippen MR) is 89.9 cm³/mol. The first-order valence-corrected chi connectivity index (χ1v) is 7.89. The molecule has 2 atom stereocenters. The maximum atomic E-state index is 10.4. The first kappa shape index (κ1) is 26.4. The van der Waals surface area contributed by atoms with Crippen molar-refractivity contribution >= 4 is 60.8 Å². The van der Waals surface area contributed by atoms with Crippen molar-refractivity contribution in [3.63, 3.8) is 0 Å². The van der Waals surface area contributed by atoms with Gasteiger partial charge in [0.1, 0.15) is 0 Å². The molecule has 4 nitrogen and oxygen atoms in total. The number of carboxylic acids is 2. The Morgan fingerprint density at radius 2 is 1.10 bits per heavy atom. The Hall–Kier alpha value is 0.511. The number of hydrogen-bond donors (Lipinski definition) is 2. The second-order valence-corrected chi connectivity index (χ2v) is 5.17. The first-order chi connectivity index (χ1) is 9.44. The molecule has 0 aromatic carbocycles. The fourth-order valence-corrected chi connectivity index (χ4v) is 1.91. The largest absolute Gasteiger partial charge is 2.00 e. The summed E-state index contributed by atoms with van der Waals surface area (Å²) in [6.45, 7) is 8.01. The van der Waals surface area contributed by atoms with Crippen LogP contribution in [0.3, 0.4) is 0 Å². The zero-order valence-corrected chi connectivity index (χ0v) is 18.7. The van der Waals surface area contributed by atoms with Crippen LogP contribution in [0.15, 0.2) is 0 Å². The zero-order valence-electron chi connectivity index (χ0n) is 16.2. The molecule has 0 saturated heterocycles. The standard InChI is InChI=1S/2C8H16O2.Ba.2H/c2*1-3-5-6-7(4-2)8(9)10;;;/h2*7H,3-6H2,1-2H3,(H,9,10);;;/q;;+2;2*-1. The Morgan fingerprint density at radius 3 is 1.24 bits per heavy atom. The minimum absolute atomic E-state index is 0. The van der Waals surface area contributed by atoms with E-state index >= 15 is 0 Å². The van der Waals surface area contributed by atoms with Crippen LogP contribution in [-0.2, 0) is 9.59 Å². The molecule has 0 aliphatic rings. The molecule has 0 fully saturated rings. The summed E-state index contributed by atoms with van der Waals surface area (Å²) in [5.74, 6) is -1.51. The van der Waals surface area contributed by atoms with E-state index in [0.717, 1.165) is 51.4 Å². The van der Waals surface area contributed by atoms with Gasteiger partial charge in [-0.3, -0.25) is 9.59 Å². The quantitative estimate of drug-likeness (QED) is 0.506. The summed E-state index contributed by atoms with van der Waals surface area (Å²) in [5.41, 5.74) is 0. The van der Waals surface area contributed by atoms with Crippen LogP contribution in [0.2, 0.25) is 0 Å². The second kappa shape index (κ2) is 18.6. The van der Waals surface area contributed by atoms with Gasteiger partial charge >= 0.3 is 60.8 Å². The Morgan fingerprint density at radius 1 is 0.810 bits per heavy atom. The molecule has 0 spiro atoms. The predicted octanol–water partition coefficient (Wildman–Crippen LogP) is 4.42. The van der Waals surface area contributed by atoms with Crippen molar-refractivity contribution in [3.05, 3.63) is 0 Å². The SMILES string of the molecule is CCCCC(CC)C(=O)O.CCCCC(CC)C(=O)O.[Ba+2].[H-].[H-]. The average Bonchev–Trinajstić information content (AvgIpc) is 2.40. The molecule has 124 valence electrons. The Balaban J connectivity index is -0.0000000831. The maximum absolute atomic E-state index is 10.4. The molecule has 0 radical (unpaired) electrons. The third kappa shape index (κ3) is 16.7. The van der Waals surface area contributed by atoms with E-state index in [9.17, 15) is 9.59 Å². The van der Waals surface area contributed by atoms with E-state index < -0.39 is 11.9 Å². The summed E-state index contributed by atoms with van der Waals surface area (Å²) in [5, 5.41) is 17.2. The molecular formula is C16H34BaO4. The van der Waals surface area contributed by atoms with Crippen LogP contribution in [0.5, 0.6) is 0 Å². The number of carboxylic acid groups (broad SMARTS) is 2. The van der Waals surface area contributed by atoms with E-state index in [1.165, 1.54) is 0 Å². The molecule has 0 bridgehead atoms. The maximum Gasteiger partial charge on any atom is 2.00 e. The van der Waals surface area contributed by atoms with E-state index in [1.54, 1.807) is 0 Å². The normalized spacial score (nSPS) is 12.4. The minimum atomic E-state index is -0.643. The summed E-state index contributed by atoms with van der Waals surface area (Å²) in [7, 11) is 0. The van der Waals surface area contributed by atoms with Gasteiger partial charge in [-0.05, 0) is 25.7 Å². The van der Waals surface area contributed by atoms with Crippen molar-refractivity contribution in [1.82, 2.24) is 0 Å². The molecule has 0 aromatic rings. The van der Waals surface area contributed by atoms with Gasteiger partial charge in [-0.25, -0.2) is 0 Å². The molecule has 0 aliphatic heterocycles. The molecule has 5 heteroatoms. The van der Waals surface area contributed by atoms with Gasteiger partial charge in [0.05, 0.1) is 11.8 Å². The molecule has 2 N–H and O–H groups in total. The number of rotatable bonds is 10. The molecule has 0 aromatic heterocycles. The molecule has 0 heterocycles. The van der Waals surface area contributed by atoms with E-state index in [1.807, 2.05) is 13.8 Å². The van der Waals surface area contributed by atoms with Gasteiger partial charge in [0, 0.05) is 0 Å². The average molecular weight is 428 g/mol. The van der Waals surface area contributed by atoms with Gasteiger partial charge in [0.15, 0.2) is 0 Å². The van der Waals surface area contributed by atoms with E-state index in [4.69, 9.17) is 10.2 Å². The zero-order chi connectivity index (χ0) is 16.0. The number of aliphatic carboxylic acids is 2. The van der Waals surface area contributed by atoms with Crippen LogP contribution < -0.4 is 0 Å². The third-order valence-electron chi connectivity index (χ3n) is 3.50. The van der Waals surface area contributed by atoms with Crippen molar-refractivity contribution in [1.29, 1.82) is 0 Å². The molecular weight excluding hydrogens is 394 g/mol. The van der Waals surface area contributed by atoms with Gasteiger partial charge < -0.3 is 13.1 Å². The van der Waals surface area contributed by atoms with Crippen LogP contribution in [0.4, 0.5) is 0 Å². The monoisotopic (exact) mass is 428 g/mol. The van der Waals surface area contributed by atoms with E-state index in [-0.39, 0.29) is 63.6 Å². The number of unbranched alkanes of at least 4 members (excludes halogenated alkanes) is 2. The summed E-state index contributed by atoms with van der Waals surface area (Å²) in [6, 6.07) is 0. The Bertz CT molecular complexity index is 240. The van der Waals surface area contributed by atoms with Crippen LogP contribution in [0.25, 0.3) is 0 Å². The molecule has 0 aliphatic carbocycles. The van der Waals surface area contributed by atoms with Crippen LogP contribution in [0.1, 0.15) is 81.9 Å². The Labute approximate surface area is 173 Å². The van der Waals surface area contributed by atoms with Crippen molar-refractivity contribution in [2.75, 3.05) is 0 Å². The molecule has 0 saturated carbocycles. The molecule has 2 unspecified atom stereocenters. The van der Waals surface area contributed by atoms with E-state index in [0.29, 0.717) is 0 Å². The van der Waals surface area contributed by atoms with Crippen molar-refractivity contribution in [2.24, 2.45) is 11.8 Å². The number of carbonyl (C=O) groups is 2. The summed E-state index contributed by atoms with van der Waals surface area (Å²) >= 11 is 0. The fraction of sp³-hybridized carbons (Fsp3) is 0.875. The van der Waals surface area contributed by atoms with E-state index in [2.05, 4.69) is 13.8 Å². The molecule has 21 heavy (non-hydrogen) atoms. The molecule has 0 amide bonds. The first-order valence-electron chi connectivity index (χ1n) is 7.89. The van der Waals surface area contributed by atoms with Crippen LogP contribution >= 0.6 is 0 Å². The molecule has 0 rings (SSSR count). The van der Waals surface area contributed by atoms with Gasteiger partial charge in [0.25, 0.3) is 0 Å². The third-order valence-corrected chi connectivity index (χ3v) is 3.50. The Kier molecular flexibility index (Phi) is 23.3. The van der Waals surface area contributed by atoms with Gasteiger partial charge in [-0.15, -0.1) is 0 Å². The van der Waals surface area contributed by atoms with Gasteiger partial charge in [-0.2, -0.15) is 0 Å². The summed E-state index contributed by atoms with van der Waals surface area (Å²) in [6.07, 6.45) is 7.43. The van der Waals surface area contributed by atoms with Crippen molar-refractivity contribution in [3.8, 4) is 0 Å². The second-order valence-electron chi connectivity index (χ2n) is 5.17. The van der Waals surface area contributed by atoms with Gasteiger partial charge in [0.2, 0.25) is 0 Å². The number of hydrogen-bond acceptors (Lipinski definition) is 2. The minimum Gasteiger partial charge on any atom is -1.00 e. The van der Waals surface area contributed by atoms with Crippen molar-refractivity contribution < 1.29 is 22.7 Å².